The summed E-state index contributed by atoms with van der Waals surface area (Å²) in [7, 11) is 0. The van der Waals surface area contributed by atoms with E-state index in [1.54, 1.807) is 0 Å². The number of hydrogen-bond acceptors (Lipinski definition) is 2. The molecule has 0 atom stereocenters. The second-order valence-electron chi connectivity index (χ2n) is 5.79. The van der Waals surface area contributed by atoms with E-state index in [1.165, 1.54) is 32.6 Å². The summed E-state index contributed by atoms with van der Waals surface area (Å²) >= 11 is 0. The van der Waals surface area contributed by atoms with E-state index >= 15 is 0 Å². The van der Waals surface area contributed by atoms with Crippen LogP contribution in [0.5, 0.6) is 5.75 Å². The van der Waals surface area contributed by atoms with Crippen molar-refractivity contribution < 1.29 is 9.53 Å². The fourth-order valence-electron chi connectivity index (χ4n) is 2.45. The minimum Gasteiger partial charge on any atom is -0.494 e. The third-order valence-electron chi connectivity index (χ3n) is 3.71. The van der Waals surface area contributed by atoms with Gasteiger partial charge in [0.15, 0.2) is 0 Å². The maximum Gasteiger partial charge on any atom is 0.202 e. The maximum absolute atomic E-state index is 10.9. The molecule has 0 saturated carbocycles. The molecule has 2 aromatic rings. The first kappa shape index (κ1) is 17.1. The standard InChI is InChI=1S/C21H24O2/c1-3-4-5-6-7-14-23-21-13-12-19-15-18(9-8-17(2)22)10-11-20(19)16-21/h10-13,15-16H,3-7,14H2,1-2H3. The molecule has 0 bridgehead atoms. The van der Waals surface area contributed by atoms with Crippen LogP contribution in [-0.4, -0.2) is 12.4 Å². The molecule has 0 amide bonds. The molecule has 0 spiro atoms. The first-order valence-corrected chi connectivity index (χ1v) is 8.38. The molecule has 0 radical (unpaired) electrons. The van der Waals surface area contributed by atoms with Crippen molar-refractivity contribution in [3.63, 3.8) is 0 Å². The summed E-state index contributed by atoms with van der Waals surface area (Å²) < 4.78 is 5.83. The number of Topliss-reactive ketones (excluding diaryl/α,β-unsaturated/α-hetero) is 1. The van der Waals surface area contributed by atoms with Crippen LogP contribution in [-0.2, 0) is 4.79 Å². The first-order valence-electron chi connectivity index (χ1n) is 8.38. The molecule has 0 aliphatic rings. The molecule has 0 aliphatic carbocycles. The van der Waals surface area contributed by atoms with Crippen molar-refractivity contribution in [2.45, 2.75) is 46.0 Å². The quantitative estimate of drug-likeness (QED) is 0.523. The van der Waals surface area contributed by atoms with Crippen LogP contribution < -0.4 is 4.74 Å². The molecule has 23 heavy (non-hydrogen) atoms. The van der Waals surface area contributed by atoms with Crippen molar-refractivity contribution in [2.75, 3.05) is 6.61 Å². The highest BCUT2D eigenvalue weighted by Gasteiger charge is 1.99. The fraction of sp³-hybridized carbons (Fsp3) is 0.381. The molecule has 0 N–H and O–H groups in total. The summed E-state index contributed by atoms with van der Waals surface area (Å²) in [5.74, 6) is 6.25. The van der Waals surface area contributed by atoms with Gasteiger partial charge in [-0.1, -0.05) is 50.7 Å². The Labute approximate surface area is 138 Å². The molecule has 0 fully saturated rings. The number of ketones is 1. The number of rotatable bonds is 7. The maximum atomic E-state index is 10.9. The van der Waals surface area contributed by atoms with Crippen molar-refractivity contribution in [1.29, 1.82) is 0 Å². The Balaban J connectivity index is 1.96. The SMILES string of the molecule is CCCCCCCOc1ccc2cc(C#CC(C)=O)ccc2c1. The van der Waals surface area contributed by atoms with Gasteiger partial charge >= 0.3 is 0 Å². The summed E-state index contributed by atoms with van der Waals surface area (Å²) in [6, 6.07) is 12.1. The predicted molar refractivity (Wildman–Crippen MR) is 95.8 cm³/mol. The van der Waals surface area contributed by atoms with Crippen LogP contribution in [0.15, 0.2) is 36.4 Å². The summed E-state index contributed by atoms with van der Waals surface area (Å²) in [4.78, 5) is 10.9. The van der Waals surface area contributed by atoms with Crippen molar-refractivity contribution >= 4 is 16.6 Å². The van der Waals surface area contributed by atoms with Gasteiger partial charge in [0.25, 0.3) is 0 Å². The molecule has 2 heteroatoms. The van der Waals surface area contributed by atoms with E-state index in [2.05, 4.69) is 24.8 Å². The average Bonchev–Trinajstić information content (AvgIpc) is 2.56. The zero-order chi connectivity index (χ0) is 16.5. The number of carbonyl (C=O) groups is 1. The number of carbonyl (C=O) groups excluding carboxylic acids is 1. The predicted octanol–water partition coefficient (Wildman–Crippen LogP) is 5.13. The van der Waals surface area contributed by atoms with E-state index in [1.807, 2.05) is 30.3 Å². The van der Waals surface area contributed by atoms with Crippen LogP contribution in [0.2, 0.25) is 0 Å². The average molecular weight is 308 g/mol. The lowest BCUT2D eigenvalue weighted by molar-refractivity contribution is -0.111. The summed E-state index contributed by atoms with van der Waals surface area (Å²) in [6.45, 7) is 4.47. The zero-order valence-electron chi connectivity index (χ0n) is 14.0. The summed E-state index contributed by atoms with van der Waals surface area (Å²) in [6.07, 6.45) is 6.22. The Morgan fingerprint density at radius 2 is 1.74 bits per heavy atom. The molecule has 0 unspecified atom stereocenters. The van der Waals surface area contributed by atoms with E-state index in [0.29, 0.717) is 0 Å². The molecule has 0 aromatic heterocycles. The largest absolute Gasteiger partial charge is 0.494 e. The highest BCUT2D eigenvalue weighted by molar-refractivity contribution is 5.94. The summed E-state index contributed by atoms with van der Waals surface area (Å²) in [5, 5.41) is 2.23. The first-order chi connectivity index (χ1) is 11.2. The molecule has 0 saturated heterocycles. The lowest BCUT2D eigenvalue weighted by atomic mass is 10.1. The van der Waals surface area contributed by atoms with E-state index in [-0.39, 0.29) is 5.78 Å². The Bertz CT molecular complexity index is 719. The Morgan fingerprint density at radius 3 is 2.52 bits per heavy atom. The van der Waals surface area contributed by atoms with Gasteiger partial charge in [0, 0.05) is 12.5 Å². The number of hydrogen-bond donors (Lipinski definition) is 0. The zero-order valence-corrected chi connectivity index (χ0v) is 14.0. The second kappa shape index (κ2) is 9.00. The third-order valence-corrected chi connectivity index (χ3v) is 3.71. The van der Waals surface area contributed by atoms with E-state index < -0.39 is 0 Å². The molecule has 0 heterocycles. The second-order valence-corrected chi connectivity index (χ2v) is 5.79. The van der Waals surface area contributed by atoms with Crippen molar-refractivity contribution in [3.05, 3.63) is 42.0 Å². The van der Waals surface area contributed by atoms with E-state index in [0.717, 1.165) is 35.1 Å². The molecule has 2 aromatic carbocycles. The van der Waals surface area contributed by atoms with E-state index in [4.69, 9.17) is 4.74 Å². The fourth-order valence-corrected chi connectivity index (χ4v) is 2.45. The van der Waals surface area contributed by atoms with Crippen molar-refractivity contribution in [2.24, 2.45) is 0 Å². The lowest BCUT2D eigenvalue weighted by Gasteiger charge is -2.07. The number of benzene rings is 2. The number of ether oxygens (including phenoxy) is 1. The van der Waals surface area contributed by atoms with Crippen LogP contribution in [0.3, 0.4) is 0 Å². The van der Waals surface area contributed by atoms with Gasteiger partial charge in [-0.3, -0.25) is 4.79 Å². The molecular formula is C21H24O2. The number of unbranched alkanes of at least 4 members (excludes halogenated alkanes) is 4. The Morgan fingerprint density at radius 1 is 1.00 bits per heavy atom. The smallest absolute Gasteiger partial charge is 0.202 e. The monoisotopic (exact) mass is 308 g/mol. The number of fused-ring (bicyclic) bond motifs is 1. The van der Waals surface area contributed by atoms with Gasteiger partial charge in [-0.2, -0.15) is 0 Å². The van der Waals surface area contributed by atoms with Gasteiger partial charge in [0.1, 0.15) is 5.75 Å². The lowest BCUT2D eigenvalue weighted by Crippen LogP contribution is -1.97. The topological polar surface area (TPSA) is 26.3 Å². The summed E-state index contributed by atoms with van der Waals surface area (Å²) in [5.41, 5.74) is 0.859. The molecular weight excluding hydrogens is 284 g/mol. The molecule has 2 rings (SSSR count). The van der Waals surface area contributed by atoms with Crippen molar-refractivity contribution in [3.8, 4) is 17.6 Å². The van der Waals surface area contributed by atoms with Gasteiger partial charge in [0.05, 0.1) is 6.61 Å². The van der Waals surface area contributed by atoms with Crippen LogP contribution in [0.4, 0.5) is 0 Å². The minimum absolute atomic E-state index is 0.118. The molecule has 0 aliphatic heterocycles. The third kappa shape index (κ3) is 5.79. The van der Waals surface area contributed by atoms with Crippen LogP contribution >= 0.6 is 0 Å². The van der Waals surface area contributed by atoms with Crippen LogP contribution in [0.25, 0.3) is 10.8 Å². The Kier molecular flexibility index (Phi) is 6.69. The van der Waals surface area contributed by atoms with Crippen LogP contribution in [0.1, 0.15) is 51.5 Å². The van der Waals surface area contributed by atoms with Gasteiger partial charge in [0.2, 0.25) is 5.78 Å². The van der Waals surface area contributed by atoms with Crippen molar-refractivity contribution in [1.82, 2.24) is 0 Å². The minimum atomic E-state index is -0.118. The van der Waals surface area contributed by atoms with Gasteiger partial charge in [-0.05, 0) is 47.4 Å². The van der Waals surface area contributed by atoms with Crippen LogP contribution in [0, 0.1) is 11.8 Å². The Hall–Kier alpha value is -2.27. The van der Waals surface area contributed by atoms with Gasteiger partial charge < -0.3 is 4.74 Å². The molecule has 2 nitrogen and oxygen atoms in total. The molecule has 120 valence electrons. The van der Waals surface area contributed by atoms with E-state index in [9.17, 15) is 4.79 Å². The van der Waals surface area contributed by atoms with Gasteiger partial charge in [-0.25, -0.2) is 0 Å². The highest BCUT2D eigenvalue weighted by atomic mass is 16.5. The highest BCUT2D eigenvalue weighted by Crippen LogP contribution is 2.22. The van der Waals surface area contributed by atoms with Gasteiger partial charge in [-0.15, -0.1) is 0 Å². The normalized spacial score (nSPS) is 10.2.